The monoisotopic (exact) mass is 307 g/mol. The van der Waals surface area contributed by atoms with Gasteiger partial charge in [0.1, 0.15) is 23.0 Å². The molecule has 1 aromatic heterocycles. The standard InChI is InChI=1S/C16H12ClF2NO/c1-20-16(10-5-12(18)8-13(19)6-10)15-7-9-4-11(17)2-3-14(9)21-15/h2-8,16,20H,1H3. The molecular formula is C16H12ClF2NO. The Morgan fingerprint density at radius 3 is 2.43 bits per heavy atom. The molecule has 3 rings (SSSR count). The molecule has 0 aliphatic heterocycles. The molecule has 5 heteroatoms. The Morgan fingerprint density at radius 2 is 1.76 bits per heavy atom. The lowest BCUT2D eigenvalue weighted by atomic mass is 10.0. The minimum Gasteiger partial charge on any atom is -0.459 e. The fourth-order valence-corrected chi connectivity index (χ4v) is 2.57. The minimum atomic E-state index is -0.621. The second-order valence-electron chi connectivity index (χ2n) is 4.76. The van der Waals surface area contributed by atoms with Gasteiger partial charge in [0.2, 0.25) is 0 Å². The summed E-state index contributed by atoms with van der Waals surface area (Å²) in [6.45, 7) is 0. The molecule has 3 aromatic rings. The van der Waals surface area contributed by atoms with Crippen LogP contribution in [0.1, 0.15) is 17.4 Å². The van der Waals surface area contributed by atoms with Crippen LogP contribution in [0.3, 0.4) is 0 Å². The first-order chi connectivity index (χ1) is 10.1. The van der Waals surface area contributed by atoms with E-state index in [9.17, 15) is 8.78 Å². The van der Waals surface area contributed by atoms with E-state index < -0.39 is 17.7 Å². The van der Waals surface area contributed by atoms with Crippen molar-refractivity contribution in [1.29, 1.82) is 0 Å². The number of nitrogens with one attached hydrogen (secondary N) is 1. The van der Waals surface area contributed by atoms with Crippen LogP contribution in [-0.4, -0.2) is 7.05 Å². The van der Waals surface area contributed by atoms with Crippen molar-refractivity contribution in [2.24, 2.45) is 0 Å². The molecule has 2 aromatic carbocycles. The van der Waals surface area contributed by atoms with Crippen molar-refractivity contribution >= 4 is 22.6 Å². The van der Waals surface area contributed by atoms with E-state index in [2.05, 4.69) is 5.32 Å². The van der Waals surface area contributed by atoms with Gasteiger partial charge in [-0.1, -0.05) is 11.6 Å². The third kappa shape index (κ3) is 2.77. The number of halogens is 3. The molecule has 1 unspecified atom stereocenters. The van der Waals surface area contributed by atoms with E-state index in [-0.39, 0.29) is 0 Å². The predicted molar refractivity (Wildman–Crippen MR) is 78.5 cm³/mol. The van der Waals surface area contributed by atoms with Gasteiger partial charge in [0.05, 0.1) is 6.04 Å². The molecule has 21 heavy (non-hydrogen) atoms. The molecule has 108 valence electrons. The molecule has 1 N–H and O–H groups in total. The summed E-state index contributed by atoms with van der Waals surface area (Å²) in [5, 5.41) is 4.45. The molecule has 0 fully saturated rings. The highest BCUT2D eigenvalue weighted by molar-refractivity contribution is 6.31. The van der Waals surface area contributed by atoms with E-state index in [0.717, 1.165) is 11.5 Å². The van der Waals surface area contributed by atoms with Gasteiger partial charge in [0, 0.05) is 16.5 Å². The van der Waals surface area contributed by atoms with Crippen LogP contribution < -0.4 is 5.32 Å². The van der Waals surface area contributed by atoms with Gasteiger partial charge in [-0.2, -0.15) is 0 Å². The lowest BCUT2D eigenvalue weighted by Crippen LogP contribution is -2.17. The van der Waals surface area contributed by atoms with Crippen LogP contribution in [0, 0.1) is 11.6 Å². The number of fused-ring (bicyclic) bond motifs is 1. The van der Waals surface area contributed by atoms with Crippen LogP contribution in [0.4, 0.5) is 8.78 Å². The average Bonchev–Trinajstić information content (AvgIpc) is 2.81. The number of hydrogen-bond acceptors (Lipinski definition) is 2. The lowest BCUT2D eigenvalue weighted by Gasteiger charge is -2.14. The number of rotatable bonds is 3. The first-order valence-corrected chi connectivity index (χ1v) is 6.77. The van der Waals surface area contributed by atoms with Gasteiger partial charge >= 0.3 is 0 Å². The molecule has 1 heterocycles. The molecule has 0 radical (unpaired) electrons. The third-order valence-corrected chi connectivity index (χ3v) is 3.52. The van der Waals surface area contributed by atoms with Gasteiger partial charge in [-0.15, -0.1) is 0 Å². The molecule has 0 saturated heterocycles. The Kier molecular flexibility index (Phi) is 3.66. The maximum atomic E-state index is 13.4. The largest absolute Gasteiger partial charge is 0.459 e. The van der Waals surface area contributed by atoms with E-state index in [4.69, 9.17) is 16.0 Å². The molecule has 0 saturated carbocycles. The van der Waals surface area contributed by atoms with Gasteiger partial charge in [-0.05, 0) is 49.0 Å². The van der Waals surface area contributed by atoms with Crippen molar-refractivity contribution in [2.75, 3.05) is 7.05 Å². The quantitative estimate of drug-likeness (QED) is 0.760. The predicted octanol–water partition coefficient (Wildman–Crippen LogP) is 4.67. The number of hydrogen-bond donors (Lipinski definition) is 1. The molecule has 1 atom stereocenters. The molecule has 0 amide bonds. The summed E-state index contributed by atoms with van der Waals surface area (Å²) in [6.07, 6.45) is 0. The van der Waals surface area contributed by atoms with Gasteiger partial charge in [0.15, 0.2) is 0 Å². The van der Waals surface area contributed by atoms with Crippen LogP contribution >= 0.6 is 11.6 Å². The Bertz CT molecular complexity index is 780. The van der Waals surface area contributed by atoms with Crippen molar-refractivity contribution in [3.05, 3.63) is 70.4 Å². The Balaban J connectivity index is 2.08. The summed E-state index contributed by atoms with van der Waals surface area (Å²) < 4.78 is 32.5. The fourth-order valence-electron chi connectivity index (χ4n) is 2.39. The number of furan rings is 1. The first kappa shape index (κ1) is 14.0. The second-order valence-corrected chi connectivity index (χ2v) is 5.19. The highest BCUT2D eigenvalue weighted by Gasteiger charge is 2.18. The van der Waals surface area contributed by atoms with Crippen molar-refractivity contribution in [3.8, 4) is 0 Å². The topological polar surface area (TPSA) is 25.2 Å². The summed E-state index contributed by atoms with van der Waals surface area (Å²) in [4.78, 5) is 0. The van der Waals surface area contributed by atoms with E-state index in [1.807, 2.05) is 6.07 Å². The van der Waals surface area contributed by atoms with Crippen LogP contribution in [0.2, 0.25) is 5.02 Å². The Labute approximate surface area is 125 Å². The fraction of sp³-hybridized carbons (Fsp3) is 0.125. The van der Waals surface area contributed by atoms with Crippen molar-refractivity contribution < 1.29 is 13.2 Å². The number of benzene rings is 2. The smallest absolute Gasteiger partial charge is 0.134 e. The van der Waals surface area contributed by atoms with Crippen molar-refractivity contribution in [3.63, 3.8) is 0 Å². The van der Waals surface area contributed by atoms with E-state index in [0.29, 0.717) is 21.9 Å². The summed E-state index contributed by atoms with van der Waals surface area (Å²) in [6, 6.07) is 10.0. The minimum absolute atomic E-state index is 0.443. The highest BCUT2D eigenvalue weighted by atomic mass is 35.5. The van der Waals surface area contributed by atoms with Gasteiger partial charge in [-0.3, -0.25) is 0 Å². The molecule has 0 aliphatic carbocycles. The molecule has 0 bridgehead atoms. The highest BCUT2D eigenvalue weighted by Crippen LogP contribution is 2.30. The molecule has 2 nitrogen and oxygen atoms in total. The maximum Gasteiger partial charge on any atom is 0.134 e. The van der Waals surface area contributed by atoms with E-state index >= 15 is 0 Å². The van der Waals surface area contributed by atoms with E-state index in [1.165, 1.54) is 12.1 Å². The van der Waals surface area contributed by atoms with Gasteiger partial charge in [0.25, 0.3) is 0 Å². The first-order valence-electron chi connectivity index (χ1n) is 6.39. The average molecular weight is 308 g/mol. The molecule has 0 aliphatic rings. The Hall–Kier alpha value is -1.91. The van der Waals surface area contributed by atoms with Crippen molar-refractivity contribution in [1.82, 2.24) is 5.32 Å². The zero-order chi connectivity index (χ0) is 15.0. The van der Waals surface area contributed by atoms with Gasteiger partial charge in [-0.25, -0.2) is 8.78 Å². The second kappa shape index (κ2) is 5.47. The van der Waals surface area contributed by atoms with Crippen LogP contribution in [0.15, 0.2) is 46.9 Å². The SMILES string of the molecule is CNC(c1cc(F)cc(F)c1)c1cc2cc(Cl)ccc2o1. The summed E-state index contributed by atoms with van der Waals surface area (Å²) in [7, 11) is 1.70. The molecular weight excluding hydrogens is 296 g/mol. The van der Waals surface area contributed by atoms with Crippen LogP contribution in [-0.2, 0) is 0 Å². The van der Waals surface area contributed by atoms with Gasteiger partial charge < -0.3 is 9.73 Å². The Morgan fingerprint density at radius 1 is 1.05 bits per heavy atom. The zero-order valence-corrected chi connectivity index (χ0v) is 11.9. The lowest BCUT2D eigenvalue weighted by molar-refractivity contribution is 0.487. The van der Waals surface area contributed by atoms with Crippen LogP contribution in [0.25, 0.3) is 11.0 Å². The maximum absolute atomic E-state index is 13.4. The summed E-state index contributed by atoms with van der Waals surface area (Å²) in [5.41, 5.74) is 1.13. The van der Waals surface area contributed by atoms with Crippen molar-refractivity contribution in [2.45, 2.75) is 6.04 Å². The van der Waals surface area contributed by atoms with E-state index in [1.54, 1.807) is 25.2 Å². The summed E-state index contributed by atoms with van der Waals surface area (Å²) in [5.74, 6) is -0.673. The van der Waals surface area contributed by atoms with Crippen LogP contribution in [0.5, 0.6) is 0 Å². The molecule has 0 spiro atoms. The zero-order valence-electron chi connectivity index (χ0n) is 11.2. The third-order valence-electron chi connectivity index (χ3n) is 3.29. The summed E-state index contributed by atoms with van der Waals surface area (Å²) >= 11 is 5.94. The normalized spacial score (nSPS) is 12.8.